The minimum absolute atomic E-state index is 0.511. The van der Waals surface area contributed by atoms with E-state index in [0.29, 0.717) is 6.04 Å². The SMILES string of the molecule is CCC(Cc1ccc(C)nn1)NC. The quantitative estimate of drug-likeness (QED) is 0.757. The van der Waals surface area contributed by atoms with Crippen molar-refractivity contribution in [2.45, 2.75) is 32.7 Å². The lowest BCUT2D eigenvalue weighted by molar-refractivity contribution is 0.534. The van der Waals surface area contributed by atoms with Crippen LogP contribution in [-0.2, 0) is 6.42 Å². The molecule has 0 fully saturated rings. The number of likely N-dealkylation sites (N-methyl/N-ethyl adjacent to an activating group) is 1. The maximum Gasteiger partial charge on any atom is 0.0646 e. The topological polar surface area (TPSA) is 37.8 Å². The maximum absolute atomic E-state index is 4.12. The molecule has 0 amide bonds. The molecule has 13 heavy (non-hydrogen) atoms. The van der Waals surface area contributed by atoms with E-state index >= 15 is 0 Å². The highest BCUT2D eigenvalue weighted by atomic mass is 15.1. The summed E-state index contributed by atoms with van der Waals surface area (Å²) in [5.74, 6) is 0. The number of nitrogens with one attached hydrogen (secondary N) is 1. The summed E-state index contributed by atoms with van der Waals surface area (Å²) < 4.78 is 0. The van der Waals surface area contributed by atoms with Crippen molar-refractivity contribution in [2.75, 3.05) is 7.05 Å². The predicted octanol–water partition coefficient (Wildman–Crippen LogP) is 1.33. The third-order valence-corrected chi connectivity index (χ3v) is 2.21. The molecule has 0 saturated heterocycles. The Labute approximate surface area is 79.6 Å². The fourth-order valence-electron chi connectivity index (χ4n) is 1.24. The summed E-state index contributed by atoms with van der Waals surface area (Å²) in [5.41, 5.74) is 2.04. The molecule has 1 aromatic heterocycles. The fraction of sp³-hybridized carbons (Fsp3) is 0.600. The van der Waals surface area contributed by atoms with Crippen molar-refractivity contribution < 1.29 is 0 Å². The van der Waals surface area contributed by atoms with Gasteiger partial charge in [0.05, 0.1) is 11.4 Å². The number of hydrogen-bond acceptors (Lipinski definition) is 3. The van der Waals surface area contributed by atoms with Crippen LogP contribution in [0.4, 0.5) is 0 Å². The summed E-state index contributed by atoms with van der Waals surface area (Å²) in [6, 6.07) is 4.56. The van der Waals surface area contributed by atoms with Gasteiger partial charge in [-0.1, -0.05) is 6.92 Å². The van der Waals surface area contributed by atoms with E-state index in [2.05, 4.69) is 22.4 Å². The molecule has 0 saturated carbocycles. The first-order valence-electron chi connectivity index (χ1n) is 4.72. The molecule has 1 rings (SSSR count). The molecule has 1 atom stereocenters. The molecule has 0 aliphatic heterocycles. The van der Waals surface area contributed by atoms with E-state index in [0.717, 1.165) is 24.2 Å². The van der Waals surface area contributed by atoms with Crippen molar-refractivity contribution in [2.24, 2.45) is 0 Å². The van der Waals surface area contributed by atoms with Crippen molar-refractivity contribution in [3.8, 4) is 0 Å². The van der Waals surface area contributed by atoms with E-state index in [9.17, 15) is 0 Å². The van der Waals surface area contributed by atoms with Crippen molar-refractivity contribution in [3.05, 3.63) is 23.5 Å². The van der Waals surface area contributed by atoms with Gasteiger partial charge in [0, 0.05) is 12.5 Å². The van der Waals surface area contributed by atoms with Gasteiger partial charge < -0.3 is 5.32 Å². The van der Waals surface area contributed by atoms with Crippen LogP contribution in [0.1, 0.15) is 24.7 Å². The Bertz CT molecular complexity index is 239. The summed E-state index contributed by atoms with van der Waals surface area (Å²) in [6.07, 6.45) is 2.08. The van der Waals surface area contributed by atoms with E-state index in [-0.39, 0.29) is 0 Å². The van der Waals surface area contributed by atoms with Gasteiger partial charge in [-0.15, -0.1) is 0 Å². The molecule has 1 N–H and O–H groups in total. The Morgan fingerprint density at radius 2 is 2.15 bits per heavy atom. The Kier molecular flexibility index (Phi) is 3.83. The van der Waals surface area contributed by atoms with Crippen LogP contribution in [0.2, 0.25) is 0 Å². The second kappa shape index (κ2) is 4.92. The molecule has 1 aromatic rings. The van der Waals surface area contributed by atoms with E-state index in [1.54, 1.807) is 0 Å². The van der Waals surface area contributed by atoms with E-state index in [1.165, 1.54) is 0 Å². The monoisotopic (exact) mass is 179 g/mol. The molecular formula is C10H17N3. The molecule has 0 bridgehead atoms. The summed E-state index contributed by atoms with van der Waals surface area (Å²) in [7, 11) is 1.98. The minimum atomic E-state index is 0.511. The molecule has 0 radical (unpaired) electrons. The molecule has 72 valence electrons. The number of aryl methyl sites for hydroxylation is 1. The van der Waals surface area contributed by atoms with E-state index in [1.807, 2.05) is 26.1 Å². The second-order valence-corrected chi connectivity index (χ2v) is 3.26. The zero-order valence-corrected chi connectivity index (χ0v) is 8.54. The fourth-order valence-corrected chi connectivity index (χ4v) is 1.24. The Morgan fingerprint density at radius 1 is 1.38 bits per heavy atom. The van der Waals surface area contributed by atoms with Gasteiger partial charge in [0.1, 0.15) is 0 Å². The Balaban J connectivity index is 2.58. The van der Waals surface area contributed by atoms with Crippen LogP contribution in [0.25, 0.3) is 0 Å². The van der Waals surface area contributed by atoms with Crippen molar-refractivity contribution in [3.63, 3.8) is 0 Å². The highest BCUT2D eigenvalue weighted by Crippen LogP contribution is 2.02. The van der Waals surface area contributed by atoms with Crippen LogP contribution in [0.15, 0.2) is 12.1 Å². The van der Waals surface area contributed by atoms with Crippen molar-refractivity contribution >= 4 is 0 Å². The van der Waals surface area contributed by atoms with Gasteiger partial charge in [-0.25, -0.2) is 0 Å². The molecule has 0 aliphatic rings. The summed E-state index contributed by atoms with van der Waals surface area (Å²) in [5, 5.41) is 11.4. The van der Waals surface area contributed by atoms with Crippen molar-refractivity contribution in [1.29, 1.82) is 0 Å². The third kappa shape index (κ3) is 3.11. The van der Waals surface area contributed by atoms with Gasteiger partial charge in [-0.05, 0) is 32.5 Å². The van der Waals surface area contributed by atoms with Crippen molar-refractivity contribution in [1.82, 2.24) is 15.5 Å². The van der Waals surface area contributed by atoms with Crippen LogP contribution in [0.3, 0.4) is 0 Å². The number of nitrogens with zero attached hydrogens (tertiary/aromatic N) is 2. The molecule has 3 heteroatoms. The molecule has 1 heterocycles. The summed E-state index contributed by atoms with van der Waals surface area (Å²) >= 11 is 0. The highest BCUT2D eigenvalue weighted by Gasteiger charge is 2.05. The first-order chi connectivity index (χ1) is 6.26. The molecule has 1 unspecified atom stereocenters. The zero-order valence-electron chi connectivity index (χ0n) is 8.54. The average Bonchev–Trinajstić information content (AvgIpc) is 2.17. The lowest BCUT2D eigenvalue weighted by Crippen LogP contribution is -2.27. The molecule has 0 aromatic carbocycles. The second-order valence-electron chi connectivity index (χ2n) is 3.26. The van der Waals surface area contributed by atoms with Gasteiger partial charge in [-0.2, -0.15) is 10.2 Å². The summed E-state index contributed by atoms with van der Waals surface area (Å²) in [6.45, 7) is 4.12. The van der Waals surface area contributed by atoms with Gasteiger partial charge in [0.15, 0.2) is 0 Å². The van der Waals surface area contributed by atoms with Crippen LogP contribution < -0.4 is 5.32 Å². The average molecular weight is 179 g/mol. The van der Waals surface area contributed by atoms with E-state index in [4.69, 9.17) is 0 Å². The first kappa shape index (κ1) is 10.1. The van der Waals surface area contributed by atoms with Crippen LogP contribution in [0, 0.1) is 6.92 Å². The standard InChI is InChI=1S/C10H17N3/c1-4-9(11-3)7-10-6-5-8(2)12-13-10/h5-6,9,11H,4,7H2,1-3H3. The number of rotatable bonds is 4. The molecule has 3 nitrogen and oxygen atoms in total. The minimum Gasteiger partial charge on any atom is -0.317 e. The van der Waals surface area contributed by atoms with E-state index < -0.39 is 0 Å². The largest absolute Gasteiger partial charge is 0.317 e. The Morgan fingerprint density at radius 3 is 2.62 bits per heavy atom. The first-order valence-corrected chi connectivity index (χ1v) is 4.72. The third-order valence-electron chi connectivity index (χ3n) is 2.21. The van der Waals surface area contributed by atoms with Gasteiger partial charge in [-0.3, -0.25) is 0 Å². The van der Waals surface area contributed by atoms with Gasteiger partial charge in [0.2, 0.25) is 0 Å². The zero-order chi connectivity index (χ0) is 9.68. The molecule has 0 aliphatic carbocycles. The maximum atomic E-state index is 4.12. The van der Waals surface area contributed by atoms with Gasteiger partial charge >= 0.3 is 0 Å². The number of aromatic nitrogens is 2. The predicted molar refractivity (Wildman–Crippen MR) is 53.6 cm³/mol. The highest BCUT2D eigenvalue weighted by molar-refractivity contribution is 5.06. The van der Waals surface area contributed by atoms with Crippen LogP contribution in [0.5, 0.6) is 0 Å². The smallest absolute Gasteiger partial charge is 0.0646 e. The molecule has 0 spiro atoms. The molecular weight excluding hydrogens is 162 g/mol. The summed E-state index contributed by atoms with van der Waals surface area (Å²) in [4.78, 5) is 0. The van der Waals surface area contributed by atoms with Gasteiger partial charge in [0.25, 0.3) is 0 Å². The van der Waals surface area contributed by atoms with Crippen LogP contribution >= 0.6 is 0 Å². The Hall–Kier alpha value is -0.960. The normalized spacial score (nSPS) is 12.8. The lowest BCUT2D eigenvalue weighted by Gasteiger charge is -2.12. The number of hydrogen-bond donors (Lipinski definition) is 1. The van der Waals surface area contributed by atoms with Crippen LogP contribution in [-0.4, -0.2) is 23.3 Å². The lowest BCUT2D eigenvalue weighted by atomic mass is 10.1.